The molecule has 1 aromatic carbocycles. The Kier molecular flexibility index (Phi) is 3.93. The van der Waals surface area contributed by atoms with Gasteiger partial charge in [0.05, 0.1) is 12.3 Å². The van der Waals surface area contributed by atoms with Gasteiger partial charge in [0.2, 0.25) is 0 Å². The number of benzene rings is 1. The third-order valence-corrected chi connectivity index (χ3v) is 4.27. The second kappa shape index (κ2) is 5.84. The van der Waals surface area contributed by atoms with Gasteiger partial charge >= 0.3 is 0 Å². The molecule has 2 nitrogen and oxygen atoms in total. The van der Waals surface area contributed by atoms with Gasteiger partial charge in [-0.05, 0) is 67.5 Å². The molecule has 2 heteroatoms. The Labute approximate surface area is 121 Å². The molecular formula is C18H23NO. The Morgan fingerprint density at radius 1 is 1.20 bits per heavy atom. The Bertz CT molecular complexity index is 585. The zero-order valence-electron chi connectivity index (χ0n) is 12.4. The van der Waals surface area contributed by atoms with E-state index in [1.54, 1.807) is 17.4 Å². The summed E-state index contributed by atoms with van der Waals surface area (Å²) in [5.41, 5.74) is 5.74. The molecule has 0 spiro atoms. The van der Waals surface area contributed by atoms with Crippen LogP contribution in [-0.4, -0.2) is 6.54 Å². The molecule has 0 fully saturated rings. The molecule has 1 aliphatic carbocycles. The highest BCUT2D eigenvalue weighted by atomic mass is 16.3. The van der Waals surface area contributed by atoms with Crippen molar-refractivity contribution in [2.45, 2.75) is 45.6 Å². The second-order valence-corrected chi connectivity index (χ2v) is 5.74. The van der Waals surface area contributed by atoms with Crippen LogP contribution >= 0.6 is 0 Å². The number of furan rings is 1. The molecule has 1 aliphatic rings. The molecule has 0 aliphatic heterocycles. The summed E-state index contributed by atoms with van der Waals surface area (Å²) >= 11 is 0. The summed E-state index contributed by atoms with van der Waals surface area (Å²) in [5.74, 6) is 1.08. The van der Waals surface area contributed by atoms with Gasteiger partial charge in [0.1, 0.15) is 5.76 Å². The number of hydrogen-bond donors (Lipinski definition) is 1. The number of nitrogens with one attached hydrogen (secondary N) is 1. The van der Waals surface area contributed by atoms with Crippen molar-refractivity contribution in [3.8, 4) is 0 Å². The molecule has 0 amide bonds. The van der Waals surface area contributed by atoms with Crippen LogP contribution in [0.25, 0.3) is 0 Å². The van der Waals surface area contributed by atoms with Crippen molar-refractivity contribution in [1.29, 1.82) is 0 Å². The molecule has 2 aromatic rings. The largest absolute Gasteiger partial charge is 0.467 e. The van der Waals surface area contributed by atoms with Crippen LogP contribution in [0.5, 0.6) is 0 Å². The van der Waals surface area contributed by atoms with Crippen LogP contribution < -0.4 is 5.32 Å². The predicted molar refractivity (Wildman–Crippen MR) is 82.0 cm³/mol. The summed E-state index contributed by atoms with van der Waals surface area (Å²) in [4.78, 5) is 0. The van der Waals surface area contributed by atoms with E-state index in [1.807, 2.05) is 6.07 Å². The summed E-state index contributed by atoms with van der Waals surface area (Å²) in [5, 5.41) is 3.55. The quantitative estimate of drug-likeness (QED) is 0.888. The number of rotatable bonds is 5. The highest BCUT2D eigenvalue weighted by Crippen LogP contribution is 2.27. The molecule has 0 bridgehead atoms. The lowest BCUT2D eigenvalue weighted by Crippen LogP contribution is -2.23. The third kappa shape index (κ3) is 2.66. The molecule has 1 aromatic heterocycles. The Morgan fingerprint density at radius 3 is 2.80 bits per heavy atom. The lowest BCUT2D eigenvalue weighted by Gasteiger charge is -2.17. The van der Waals surface area contributed by atoms with Gasteiger partial charge in [0, 0.05) is 0 Å². The summed E-state index contributed by atoms with van der Waals surface area (Å²) in [6.45, 7) is 5.22. The average Bonchev–Trinajstić information content (AvgIpc) is 3.06. The predicted octanol–water partition coefficient (Wildman–Crippen LogP) is 3.97. The lowest BCUT2D eigenvalue weighted by atomic mass is 9.98. The van der Waals surface area contributed by atoms with E-state index in [-0.39, 0.29) is 6.04 Å². The lowest BCUT2D eigenvalue weighted by molar-refractivity contribution is 0.413. The molecule has 1 atom stereocenters. The molecule has 1 heterocycles. The topological polar surface area (TPSA) is 25.2 Å². The van der Waals surface area contributed by atoms with Crippen molar-refractivity contribution in [2.24, 2.45) is 0 Å². The summed E-state index contributed by atoms with van der Waals surface area (Å²) in [6.07, 6.45) is 6.60. The molecule has 0 saturated heterocycles. The van der Waals surface area contributed by atoms with E-state index in [4.69, 9.17) is 4.42 Å². The van der Waals surface area contributed by atoms with Gasteiger partial charge in [0.15, 0.2) is 0 Å². The van der Waals surface area contributed by atoms with E-state index < -0.39 is 0 Å². The van der Waals surface area contributed by atoms with Crippen molar-refractivity contribution >= 4 is 0 Å². The first-order chi connectivity index (χ1) is 9.78. The molecule has 1 unspecified atom stereocenters. The zero-order chi connectivity index (χ0) is 13.9. The third-order valence-electron chi connectivity index (χ3n) is 4.27. The van der Waals surface area contributed by atoms with E-state index in [0.717, 1.165) is 18.7 Å². The van der Waals surface area contributed by atoms with Crippen LogP contribution in [0.4, 0.5) is 0 Å². The van der Waals surface area contributed by atoms with Gasteiger partial charge in [-0.1, -0.05) is 25.1 Å². The monoisotopic (exact) mass is 269 g/mol. The van der Waals surface area contributed by atoms with E-state index in [1.165, 1.54) is 30.4 Å². The van der Waals surface area contributed by atoms with Crippen molar-refractivity contribution in [3.05, 3.63) is 58.5 Å². The van der Waals surface area contributed by atoms with Gasteiger partial charge in [0.25, 0.3) is 0 Å². The molecular weight excluding hydrogens is 246 g/mol. The maximum Gasteiger partial charge on any atom is 0.123 e. The molecule has 0 radical (unpaired) electrons. The minimum atomic E-state index is 0.273. The van der Waals surface area contributed by atoms with Crippen molar-refractivity contribution in [2.75, 3.05) is 6.54 Å². The first-order valence-corrected chi connectivity index (χ1v) is 7.66. The number of likely N-dealkylation sites (N-methyl/N-ethyl adjacent to an activating group) is 1. The Hall–Kier alpha value is -1.54. The van der Waals surface area contributed by atoms with E-state index in [0.29, 0.717) is 0 Å². The van der Waals surface area contributed by atoms with Crippen LogP contribution in [0.3, 0.4) is 0 Å². The van der Waals surface area contributed by atoms with Gasteiger partial charge in [-0.2, -0.15) is 0 Å². The smallest absolute Gasteiger partial charge is 0.123 e. The maximum atomic E-state index is 5.68. The number of aryl methyl sites for hydroxylation is 3. The maximum absolute atomic E-state index is 5.68. The SMILES string of the molecule is CCNC(Cc1ccc2c(c1)CCC2)c1occc1C. The minimum absolute atomic E-state index is 0.273. The molecule has 1 N–H and O–H groups in total. The van der Waals surface area contributed by atoms with Gasteiger partial charge in [-0.25, -0.2) is 0 Å². The second-order valence-electron chi connectivity index (χ2n) is 5.74. The highest BCUT2D eigenvalue weighted by molar-refractivity contribution is 5.36. The van der Waals surface area contributed by atoms with E-state index >= 15 is 0 Å². The number of hydrogen-bond acceptors (Lipinski definition) is 2. The molecule has 0 saturated carbocycles. The standard InChI is InChI=1S/C18H23NO/c1-3-19-17(18-13(2)9-10-20-18)12-14-7-8-15-5-4-6-16(15)11-14/h7-11,17,19H,3-6,12H2,1-2H3. The normalized spacial score (nSPS) is 15.3. The summed E-state index contributed by atoms with van der Waals surface area (Å²) < 4.78 is 5.68. The first-order valence-electron chi connectivity index (χ1n) is 7.66. The van der Waals surface area contributed by atoms with E-state index in [9.17, 15) is 0 Å². The first kappa shape index (κ1) is 13.4. The number of fused-ring (bicyclic) bond motifs is 1. The van der Waals surface area contributed by atoms with Crippen molar-refractivity contribution in [3.63, 3.8) is 0 Å². The van der Waals surface area contributed by atoms with Gasteiger partial charge < -0.3 is 9.73 Å². The average molecular weight is 269 g/mol. The van der Waals surface area contributed by atoms with Crippen LogP contribution in [0.1, 0.15) is 47.4 Å². The van der Waals surface area contributed by atoms with Gasteiger partial charge in [-0.3, -0.25) is 0 Å². The summed E-state index contributed by atoms with van der Waals surface area (Å²) in [7, 11) is 0. The molecule has 106 valence electrons. The van der Waals surface area contributed by atoms with E-state index in [2.05, 4.69) is 37.4 Å². The fourth-order valence-electron chi connectivity index (χ4n) is 3.23. The van der Waals surface area contributed by atoms with Gasteiger partial charge in [-0.15, -0.1) is 0 Å². The van der Waals surface area contributed by atoms with Crippen LogP contribution in [-0.2, 0) is 19.3 Å². The molecule has 3 rings (SSSR count). The summed E-state index contributed by atoms with van der Waals surface area (Å²) in [6, 6.07) is 9.31. The Morgan fingerprint density at radius 2 is 2.05 bits per heavy atom. The fraction of sp³-hybridized carbons (Fsp3) is 0.444. The zero-order valence-corrected chi connectivity index (χ0v) is 12.4. The highest BCUT2D eigenvalue weighted by Gasteiger charge is 2.18. The molecule has 20 heavy (non-hydrogen) atoms. The minimum Gasteiger partial charge on any atom is -0.467 e. The van der Waals surface area contributed by atoms with Crippen molar-refractivity contribution < 1.29 is 4.42 Å². The fourth-order valence-corrected chi connectivity index (χ4v) is 3.23. The Balaban J connectivity index is 1.81. The van der Waals surface area contributed by atoms with Crippen molar-refractivity contribution in [1.82, 2.24) is 5.32 Å². The van der Waals surface area contributed by atoms with Crippen LogP contribution in [0.2, 0.25) is 0 Å². The van der Waals surface area contributed by atoms with Crippen LogP contribution in [0, 0.1) is 6.92 Å². The van der Waals surface area contributed by atoms with Crippen LogP contribution in [0.15, 0.2) is 34.9 Å².